The van der Waals surface area contributed by atoms with E-state index in [2.05, 4.69) is 26.6 Å². The first-order valence-electron chi connectivity index (χ1n) is 11.0. The van der Waals surface area contributed by atoms with Crippen LogP contribution in [0.25, 0.3) is 0 Å². The summed E-state index contributed by atoms with van der Waals surface area (Å²) in [6.07, 6.45) is 1.92. The number of rotatable bonds is 9. The average Bonchev–Trinajstić information content (AvgIpc) is 3.39. The number of carbonyl (C=O) groups is 3. The van der Waals surface area contributed by atoms with Crippen LogP contribution < -0.4 is 10.6 Å². The summed E-state index contributed by atoms with van der Waals surface area (Å²) < 4.78 is 6.25. The summed E-state index contributed by atoms with van der Waals surface area (Å²) in [6, 6.07) is 18.0. The van der Waals surface area contributed by atoms with Crippen LogP contribution in [0.2, 0.25) is 0 Å². The van der Waals surface area contributed by atoms with Crippen LogP contribution in [0.5, 0.6) is 0 Å². The van der Waals surface area contributed by atoms with Gasteiger partial charge in [-0.25, -0.2) is 0 Å². The Morgan fingerprint density at radius 1 is 1.03 bits per heavy atom. The van der Waals surface area contributed by atoms with Crippen molar-refractivity contribution in [3.63, 3.8) is 0 Å². The first-order chi connectivity index (χ1) is 16.8. The molecule has 0 atom stereocenters. The van der Waals surface area contributed by atoms with Gasteiger partial charge in [-0.3, -0.25) is 19.3 Å². The number of amides is 3. The van der Waals surface area contributed by atoms with Crippen molar-refractivity contribution in [1.29, 1.82) is 0 Å². The molecule has 1 aliphatic rings. The summed E-state index contributed by atoms with van der Waals surface area (Å²) in [5.74, 6) is -0.165. The molecule has 0 spiro atoms. The lowest BCUT2D eigenvalue weighted by molar-refractivity contribution is -0.138. The molecule has 0 aliphatic carbocycles. The van der Waals surface area contributed by atoms with Crippen molar-refractivity contribution in [2.45, 2.75) is 31.7 Å². The van der Waals surface area contributed by atoms with Crippen LogP contribution in [0.1, 0.15) is 26.0 Å². The Hall–Kier alpha value is -3.30. The molecule has 3 amide bonds. The summed E-state index contributed by atoms with van der Waals surface area (Å²) in [5, 5.41) is 6.01. The van der Waals surface area contributed by atoms with Gasteiger partial charge in [0.1, 0.15) is 16.4 Å². The molecule has 0 saturated carbocycles. The van der Waals surface area contributed by atoms with Gasteiger partial charge in [0.15, 0.2) is 0 Å². The summed E-state index contributed by atoms with van der Waals surface area (Å²) >= 11 is 4.58. The Morgan fingerprint density at radius 3 is 2.49 bits per heavy atom. The summed E-state index contributed by atoms with van der Waals surface area (Å²) in [4.78, 5) is 41.0. The Bertz CT molecular complexity index is 1270. The van der Waals surface area contributed by atoms with E-state index in [1.807, 2.05) is 44.2 Å². The van der Waals surface area contributed by atoms with Gasteiger partial charge in [-0.1, -0.05) is 47.6 Å². The van der Waals surface area contributed by atoms with E-state index in [0.29, 0.717) is 23.6 Å². The van der Waals surface area contributed by atoms with Crippen LogP contribution in [-0.4, -0.2) is 22.6 Å². The Labute approximate surface area is 216 Å². The lowest BCUT2D eigenvalue weighted by atomic mass is 10.1. The zero-order chi connectivity index (χ0) is 24.9. The Balaban J connectivity index is 1.61. The van der Waals surface area contributed by atoms with Crippen LogP contribution in [0.4, 0.5) is 11.4 Å². The maximum atomic E-state index is 13.4. The monoisotopic (exact) mass is 553 g/mol. The zero-order valence-corrected chi connectivity index (χ0v) is 21.6. The molecule has 0 unspecified atom stereocenters. The number of carbonyl (C=O) groups excluding carboxylic acids is 3. The van der Waals surface area contributed by atoms with E-state index in [-0.39, 0.29) is 29.0 Å². The lowest BCUT2D eigenvalue weighted by Crippen LogP contribution is -2.31. The molecule has 9 heteroatoms. The SMILES string of the molecule is CC(C)CC(=O)Nc1cccc(SC2=C(Nc3ccc(Br)cc3)C(=O)N(Cc3ccco3)C2=O)c1. The van der Waals surface area contributed by atoms with Crippen LogP contribution in [-0.2, 0) is 20.9 Å². The predicted octanol–water partition coefficient (Wildman–Crippen LogP) is 6.01. The Morgan fingerprint density at radius 2 is 1.80 bits per heavy atom. The molecule has 2 heterocycles. The van der Waals surface area contributed by atoms with E-state index in [1.54, 1.807) is 30.3 Å². The molecule has 4 rings (SSSR count). The van der Waals surface area contributed by atoms with E-state index in [4.69, 9.17) is 4.42 Å². The molecule has 0 radical (unpaired) electrons. The van der Waals surface area contributed by atoms with Gasteiger partial charge >= 0.3 is 0 Å². The molecule has 1 aromatic heterocycles. The van der Waals surface area contributed by atoms with Gasteiger partial charge < -0.3 is 15.1 Å². The fraction of sp³-hybridized carbons (Fsp3) is 0.192. The zero-order valence-electron chi connectivity index (χ0n) is 19.2. The molecule has 0 fully saturated rings. The molecule has 1 aliphatic heterocycles. The molecular weight excluding hydrogens is 530 g/mol. The highest BCUT2D eigenvalue weighted by molar-refractivity contribution is 9.10. The number of hydrogen-bond acceptors (Lipinski definition) is 6. The van der Waals surface area contributed by atoms with Gasteiger partial charge in [-0.2, -0.15) is 0 Å². The number of hydrogen-bond donors (Lipinski definition) is 2. The van der Waals surface area contributed by atoms with Crippen LogP contribution in [0, 0.1) is 5.92 Å². The number of nitrogens with one attached hydrogen (secondary N) is 2. The largest absolute Gasteiger partial charge is 0.467 e. The predicted molar refractivity (Wildman–Crippen MR) is 139 cm³/mol. The quantitative estimate of drug-likeness (QED) is 0.315. The van der Waals surface area contributed by atoms with Crippen molar-refractivity contribution >= 4 is 56.8 Å². The minimum atomic E-state index is -0.432. The molecular formula is C26H24BrN3O4S. The van der Waals surface area contributed by atoms with Gasteiger partial charge in [0, 0.05) is 27.2 Å². The minimum Gasteiger partial charge on any atom is -0.467 e. The lowest BCUT2D eigenvalue weighted by Gasteiger charge is -2.13. The number of imide groups is 1. The third-order valence-corrected chi connectivity index (χ3v) is 6.67. The average molecular weight is 554 g/mol. The minimum absolute atomic E-state index is 0.0333. The fourth-order valence-corrected chi connectivity index (χ4v) is 4.75. The highest BCUT2D eigenvalue weighted by atomic mass is 79.9. The molecule has 2 aromatic carbocycles. The number of benzene rings is 2. The second kappa shape index (κ2) is 11.0. The normalized spacial score (nSPS) is 13.7. The summed E-state index contributed by atoms with van der Waals surface area (Å²) in [7, 11) is 0. The highest BCUT2D eigenvalue weighted by Crippen LogP contribution is 2.37. The van der Waals surface area contributed by atoms with Crippen molar-refractivity contribution in [3.05, 3.63) is 87.8 Å². The molecule has 35 heavy (non-hydrogen) atoms. The second-order valence-corrected chi connectivity index (χ2v) is 10.4. The van der Waals surface area contributed by atoms with Gasteiger partial charge in [-0.15, -0.1) is 0 Å². The molecule has 0 saturated heterocycles. The maximum absolute atomic E-state index is 13.4. The first-order valence-corrected chi connectivity index (χ1v) is 12.6. The van der Waals surface area contributed by atoms with Gasteiger partial charge in [-0.05, 0) is 60.5 Å². The third kappa shape index (κ3) is 6.23. The van der Waals surface area contributed by atoms with Gasteiger partial charge in [0.25, 0.3) is 11.8 Å². The van der Waals surface area contributed by atoms with Crippen molar-refractivity contribution in [3.8, 4) is 0 Å². The molecule has 7 nitrogen and oxygen atoms in total. The second-order valence-electron chi connectivity index (χ2n) is 8.39. The van der Waals surface area contributed by atoms with Crippen LogP contribution >= 0.6 is 27.7 Å². The molecule has 180 valence electrons. The van der Waals surface area contributed by atoms with E-state index in [0.717, 1.165) is 14.3 Å². The molecule has 2 N–H and O–H groups in total. The van der Waals surface area contributed by atoms with E-state index in [9.17, 15) is 14.4 Å². The number of anilines is 2. The van der Waals surface area contributed by atoms with E-state index >= 15 is 0 Å². The fourth-order valence-electron chi connectivity index (χ4n) is 3.48. The van der Waals surface area contributed by atoms with Crippen LogP contribution in [0.15, 0.2) is 91.3 Å². The maximum Gasteiger partial charge on any atom is 0.278 e. The standard InChI is InChI=1S/C26H24BrN3O4S/c1-16(2)13-22(31)28-19-5-3-7-21(14-19)35-24-23(29-18-10-8-17(27)9-11-18)25(32)30(26(24)33)15-20-6-4-12-34-20/h3-12,14,16,29H,13,15H2,1-2H3,(H,28,31). The number of furan rings is 1. The van der Waals surface area contributed by atoms with Crippen molar-refractivity contribution < 1.29 is 18.8 Å². The van der Waals surface area contributed by atoms with E-state index < -0.39 is 11.8 Å². The summed E-state index contributed by atoms with van der Waals surface area (Å²) in [5.41, 5.74) is 1.51. The molecule has 0 bridgehead atoms. The van der Waals surface area contributed by atoms with Crippen molar-refractivity contribution in [1.82, 2.24) is 4.90 Å². The summed E-state index contributed by atoms with van der Waals surface area (Å²) in [6.45, 7) is 4.00. The number of thioether (sulfide) groups is 1. The smallest absolute Gasteiger partial charge is 0.278 e. The topological polar surface area (TPSA) is 91.7 Å². The van der Waals surface area contributed by atoms with Gasteiger partial charge in [0.2, 0.25) is 5.91 Å². The first kappa shape index (κ1) is 24.8. The highest BCUT2D eigenvalue weighted by Gasteiger charge is 2.39. The van der Waals surface area contributed by atoms with Crippen molar-refractivity contribution in [2.24, 2.45) is 5.92 Å². The molecule has 3 aromatic rings. The number of halogens is 1. The number of nitrogens with zero attached hydrogens (tertiary/aromatic N) is 1. The third-order valence-electron chi connectivity index (χ3n) is 5.06. The van der Waals surface area contributed by atoms with Gasteiger partial charge in [0.05, 0.1) is 12.8 Å². The Kier molecular flexibility index (Phi) is 7.77. The van der Waals surface area contributed by atoms with Crippen molar-refractivity contribution in [2.75, 3.05) is 10.6 Å². The van der Waals surface area contributed by atoms with Crippen LogP contribution in [0.3, 0.4) is 0 Å². The van der Waals surface area contributed by atoms with E-state index in [1.165, 1.54) is 18.0 Å².